The molecule has 1 aromatic heterocycles. The first-order valence-electron chi connectivity index (χ1n) is 6.05. The molecule has 2 rings (SSSR count). The lowest BCUT2D eigenvalue weighted by molar-refractivity contribution is -0.135. The van der Waals surface area contributed by atoms with Crippen LogP contribution in [0, 0.1) is 0 Å². The standard InChI is InChI=1S/C14H15NO4S/c1-4-19-14(16)13(15-18-3)12-7-9-5-6-10(17-2)8-11(9)20-12/h5-8H,4H2,1-3H3/b15-13+. The Hall–Kier alpha value is -2.08. The summed E-state index contributed by atoms with van der Waals surface area (Å²) in [6.07, 6.45) is 0. The van der Waals surface area contributed by atoms with Crippen molar-refractivity contribution in [3.05, 3.63) is 29.1 Å². The van der Waals surface area contributed by atoms with Gasteiger partial charge in [0.2, 0.25) is 5.71 Å². The van der Waals surface area contributed by atoms with Gasteiger partial charge in [0.15, 0.2) is 0 Å². The maximum Gasteiger partial charge on any atom is 0.361 e. The second-order valence-electron chi connectivity index (χ2n) is 3.86. The zero-order valence-electron chi connectivity index (χ0n) is 11.5. The molecule has 0 unspecified atom stereocenters. The molecule has 0 saturated carbocycles. The van der Waals surface area contributed by atoms with Gasteiger partial charge in [-0.1, -0.05) is 5.16 Å². The van der Waals surface area contributed by atoms with Gasteiger partial charge in [-0.3, -0.25) is 0 Å². The zero-order chi connectivity index (χ0) is 14.5. The van der Waals surface area contributed by atoms with Crippen molar-refractivity contribution in [1.82, 2.24) is 0 Å². The minimum absolute atomic E-state index is 0.175. The highest BCUT2D eigenvalue weighted by Gasteiger charge is 2.19. The number of hydrogen-bond donors (Lipinski definition) is 0. The molecule has 2 aromatic rings. The lowest BCUT2D eigenvalue weighted by Crippen LogP contribution is -2.18. The van der Waals surface area contributed by atoms with E-state index in [2.05, 4.69) is 5.16 Å². The quantitative estimate of drug-likeness (QED) is 0.483. The molecule has 0 aliphatic rings. The van der Waals surface area contributed by atoms with Crippen LogP contribution >= 0.6 is 11.3 Å². The van der Waals surface area contributed by atoms with E-state index in [9.17, 15) is 4.79 Å². The van der Waals surface area contributed by atoms with Crippen molar-refractivity contribution in [2.75, 3.05) is 20.8 Å². The summed E-state index contributed by atoms with van der Waals surface area (Å²) in [5, 5.41) is 4.78. The number of esters is 1. The Morgan fingerprint density at radius 2 is 2.10 bits per heavy atom. The van der Waals surface area contributed by atoms with Crippen LogP contribution < -0.4 is 4.74 Å². The van der Waals surface area contributed by atoms with Gasteiger partial charge < -0.3 is 14.3 Å². The van der Waals surface area contributed by atoms with Crippen LogP contribution in [0.15, 0.2) is 29.4 Å². The van der Waals surface area contributed by atoms with E-state index in [1.54, 1.807) is 14.0 Å². The van der Waals surface area contributed by atoms with Crippen molar-refractivity contribution in [1.29, 1.82) is 0 Å². The minimum atomic E-state index is -0.493. The lowest BCUT2D eigenvalue weighted by atomic mass is 10.2. The van der Waals surface area contributed by atoms with Gasteiger partial charge in [0, 0.05) is 4.70 Å². The van der Waals surface area contributed by atoms with Gasteiger partial charge in [0.25, 0.3) is 0 Å². The van der Waals surface area contributed by atoms with Crippen LogP contribution in [0.2, 0.25) is 0 Å². The number of methoxy groups -OCH3 is 1. The normalized spacial score (nSPS) is 11.4. The van der Waals surface area contributed by atoms with E-state index < -0.39 is 5.97 Å². The fourth-order valence-corrected chi connectivity index (χ4v) is 2.79. The number of oxime groups is 1. The molecule has 20 heavy (non-hydrogen) atoms. The number of nitrogens with zero attached hydrogens (tertiary/aromatic N) is 1. The Bertz CT molecular complexity index is 648. The van der Waals surface area contributed by atoms with Crippen molar-refractivity contribution in [2.45, 2.75) is 6.92 Å². The number of thiophene rings is 1. The largest absolute Gasteiger partial charge is 0.497 e. The maximum atomic E-state index is 11.9. The van der Waals surface area contributed by atoms with Crippen LogP contribution in [-0.2, 0) is 14.4 Å². The number of rotatable bonds is 5. The molecule has 5 nitrogen and oxygen atoms in total. The Kier molecular flexibility index (Phi) is 4.57. The van der Waals surface area contributed by atoms with Gasteiger partial charge in [-0.2, -0.15) is 0 Å². The molecule has 0 radical (unpaired) electrons. The summed E-state index contributed by atoms with van der Waals surface area (Å²) in [6.45, 7) is 2.04. The van der Waals surface area contributed by atoms with E-state index in [0.717, 1.165) is 15.8 Å². The zero-order valence-corrected chi connectivity index (χ0v) is 12.3. The first-order valence-corrected chi connectivity index (χ1v) is 6.87. The molecule has 0 fully saturated rings. The van der Waals surface area contributed by atoms with Gasteiger partial charge >= 0.3 is 5.97 Å². The minimum Gasteiger partial charge on any atom is -0.497 e. The van der Waals surface area contributed by atoms with Crippen LogP contribution in [0.4, 0.5) is 0 Å². The van der Waals surface area contributed by atoms with Crippen molar-refractivity contribution < 1.29 is 19.1 Å². The van der Waals surface area contributed by atoms with E-state index >= 15 is 0 Å². The molecule has 0 atom stereocenters. The number of hydrogen-bond acceptors (Lipinski definition) is 6. The predicted octanol–water partition coefficient (Wildman–Crippen LogP) is 2.82. The predicted molar refractivity (Wildman–Crippen MR) is 78.6 cm³/mol. The smallest absolute Gasteiger partial charge is 0.361 e. The Morgan fingerprint density at radius 3 is 2.75 bits per heavy atom. The molecule has 6 heteroatoms. The molecule has 0 aliphatic carbocycles. The van der Waals surface area contributed by atoms with Gasteiger partial charge in [0.1, 0.15) is 12.9 Å². The molecule has 0 spiro atoms. The third-order valence-electron chi connectivity index (χ3n) is 2.61. The lowest BCUT2D eigenvalue weighted by Gasteiger charge is -2.02. The molecule has 0 saturated heterocycles. The van der Waals surface area contributed by atoms with Crippen molar-refractivity contribution in [3.8, 4) is 5.75 Å². The van der Waals surface area contributed by atoms with E-state index in [4.69, 9.17) is 14.3 Å². The topological polar surface area (TPSA) is 57.1 Å². The second kappa shape index (κ2) is 6.38. The highest BCUT2D eigenvalue weighted by Crippen LogP contribution is 2.29. The summed E-state index contributed by atoms with van der Waals surface area (Å²) in [6, 6.07) is 7.60. The SMILES string of the molecule is CCOC(=O)/C(=N/OC)c1cc2ccc(OC)cc2s1. The van der Waals surface area contributed by atoms with E-state index in [1.807, 2.05) is 24.3 Å². The van der Waals surface area contributed by atoms with Gasteiger partial charge in [-0.15, -0.1) is 11.3 Å². The Balaban J connectivity index is 2.43. The van der Waals surface area contributed by atoms with Crippen LogP contribution in [0.3, 0.4) is 0 Å². The summed E-state index contributed by atoms with van der Waals surface area (Å²) in [5.41, 5.74) is 0.175. The van der Waals surface area contributed by atoms with Gasteiger partial charge in [-0.25, -0.2) is 4.79 Å². The van der Waals surface area contributed by atoms with Crippen LogP contribution in [0.1, 0.15) is 11.8 Å². The highest BCUT2D eigenvalue weighted by molar-refractivity contribution is 7.21. The van der Waals surface area contributed by atoms with Crippen LogP contribution in [0.25, 0.3) is 10.1 Å². The summed E-state index contributed by atoms with van der Waals surface area (Å²) in [4.78, 5) is 17.3. The molecule has 1 heterocycles. The van der Waals surface area contributed by atoms with Crippen LogP contribution in [0.5, 0.6) is 5.75 Å². The van der Waals surface area contributed by atoms with Gasteiger partial charge in [-0.05, 0) is 36.6 Å². The number of ether oxygens (including phenoxy) is 2. The summed E-state index contributed by atoms with van der Waals surface area (Å²) >= 11 is 1.44. The third-order valence-corrected chi connectivity index (χ3v) is 3.72. The summed E-state index contributed by atoms with van der Waals surface area (Å²) in [5.74, 6) is 0.278. The van der Waals surface area contributed by atoms with E-state index in [-0.39, 0.29) is 5.71 Å². The highest BCUT2D eigenvalue weighted by atomic mass is 32.1. The average molecular weight is 293 g/mol. The third kappa shape index (κ3) is 2.91. The number of fused-ring (bicyclic) bond motifs is 1. The van der Waals surface area contributed by atoms with Crippen LogP contribution in [-0.4, -0.2) is 32.5 Å². The fourth-order valence-electron chi connectivity index (χ4n) is 1.73. The average Bonchev–Trinajstić information content (AvgIpc) is 2.87. The maximum absolute atomic E-state index is 11.9. The van der Waals surface area contributed by atoms with Crippen molar-refractivity contribution >= 4 is 33.1 Å². The molecular weight excluding hydrogens is 278 g/mol. The number of carbonyl (C=O) groups excluding carboxylic acids is 1. The Morgan fingerprint density at radius 1 is 1.30 bits per heavy atom. The van der Waals surface area contributed by atoms with E-state index in [1.165, 1.54) is 18.4 Å². The Labute approximate surface area is 120 Å². The first-order chi connectivity index (χ1) is 9.69. The van der Waals surface area contributed by atoms with Crippen molar-refractivity contribution in [2.24, 2.45) is 5.16 Å². The monoisotopic (exact) mass is 293 g/mol. The molecule has 0 amide bonds. The second-order valence-corrected chi connectivity index (χ2v) is 4.94. The molecule has 0 aliphatic heterocycles. The molecule has 1 aromatic carbocycles. The first kappa shape index (κ1) is 14.3. The number of carbonyl (C=O) groups is 1. The van der Waals surface area contributed by atoms with E-state index in [0.29, 0.717) is 11.5 Å². The molecular formula is C14H15NO4S. The number of benzene rings is 1. The molecule has 0 bridgehead atoms. The molecule has 106 valence electrons. The summed E-state index contributed by atoms with van der Waals surface area (Å²) < 4.78 is 11.2. The molecule has 0 N–H and O–H groups in total. The fraction of sp³-hybridized carbons (Fsp3) is 0.286. The van der Waals surface area contributed by atoms with Gasteiger partial charge in [0.05, 0.1) is 18.6 Å². The summed E-state index contributed by atoms with van der Waals surface area (Å²) in [7, 11) is 3.02. The van der Waals surface area contributed by atoms with Crippen molar-refractivity contribution in [3.63, 3.8) is 0 Å².